The Labute approximate surface area is 88.0 Å². The second-order valence-electron chi connectivity index (χ2n) is 2.95. The summed E-state index contributed by atoms with van der Waals surface area (Å²) in [5.41, 5.74) is 1.71. The molecule has 2 rings (SSSR count). The Bertz CT molecular complexity index is 431. The van der Waals surface area contributed by atoms with Crippen LogP contribution in [0, 0.1) is 0 Å². The van der Waals surface area contributed by atoms with E-state index in [9.17, 15) is 0 Å². The minimum absolute atomic E-state index is 0.631. The van der Waals surface area contributed by atoms with E-state index in [-0.39, 0.29) is 0 Å². The van der Waals surface area contributed by atoms with E-state index in [0.717, 1.165) is 17.0 Å². The second-order valence-corrected chi connectivity index (χ2v) is 2.95. The van der Waals surface area contributed by atoms with Gasteiger partial charge in [0.1, 0.15) is 5.75 Å². The van der Waals surface area contributed by atoms with E-state index in [1.165, 1.54) is 0 Å². The molecule has 0 N–H and O–H groups in total. The van der Waals surface area contributed by atoms with Gasteiger partial charge in [-0.3, -0.25) is 4.98 Å². The fourth-order valence-corrected chi connectivity index (χ4v) is 1.26. The zero-order valence-electron chi connectivity index (χ0n) is 8.42. The molecule has 76 valence electrons. The minimum atomic E-state index is 0.631. The highest BCUT2D eigenvalue weighted by Gasteiger charge is 2.01. The molecule has 2 aromatic rings. The zero-order chi connectivity index (χ0) is 10.5. The van der Waals surface area contributed by atoms with Crippen molar-refractivity contribution in [2.45, 2.75) is 6.92 Å². The average molecular weight is 201 g/mol. The summed E-state index contributed by atoms with van der Waals surface area (Å²) in [5, 5.41) is 7.82. The van der Waals surface area contributed by atoms with Crippen molar-refractivity contribution in [3.8, 4) is 17.0 Å². The normalized spacial score (nSPS) is 9.93. The first-order chi connectivity index (χ1) is 7.40. The van der Waals surface area contributed by atoms with Gasteiger partial charge in [0.25, 0.3) is 0 Å². The summed E-state index contributed by atoms with van der Waals surface area (Å²) in [7, 11) is 0. The number of pyridine rings is 1. The molecule has 0 unspecified atom stereocenters. The van der Waals surface area contributed by atoms with Crippen LogP contribution in [0.5, 0.6) is 5.75 Å². The first-order valence-corrected chi connectivity index (χ1v) is 4.76. The van der Waals surface area contributed by atoms with Crippen molar-refractivity contribution < 1.29 is 4.74 Å². The van der Waals surface area contributed by atoms with Gasteiger partial charge in [-0.25, -0.2) is 0 Å². The van der Waals surface area contributed by atoms with Crippen molar-refractivity contribution in [2.24, 2.45) is 0 Å². The number of rotatable bonds is 3. The fourth-order valence-electron chi connectivity index (χ4n) is 1.26. The van der Waals surface area contributed by atoms with E-state index in [1.807, 2.05) is 25.1 Å². The summed E-state index contributed by atoms with van der Waals surface area (Å²) >= 11 is 0. The Morgan fingerprint density at radius 1 is 1.33 bits per heavy atom. The summed E-state index contributed by atoms with van der Waals surface area (Å²) < 4.78 is 5.36. The standard InChI is InChI=1S/C11H11N3O/c1-2-15-10-6-9(7-12-8-10)11-4-3-5-13-14-11/h3-8H,2H2,1H3. The Balaban J connectivity index is 2.33. The van der Waals surface area contributed by atoms with Crippen LogP contribution in [0.3, 0.4) is 0 Å². The summed E-state index contributed by atoms with van der Waals surface area (Å²) in [5.74, 6) is 0.751. The third-order valence-electron chi connectivity index (χ3n) is 1.89. The van der Waals surface area contributed by atoms with Gasteiger partial charge >= 0.3 is 0 Å². The number of hydrogen-bond donors (Lipinski definition) is 0. The molecule has 0 bridgehead atoms. The van der Waals surface area contributed by atoms with Crippen LogP contribution in [0.15, 0.2) is 36.8 Å². The van der Waals surface area contributed by atoms with Crippen LogP contribution in [-0.2, 0) is 0 Å². The lowest BCUT2D eigenvalue weighted by molar-refractivity contribution is 0.339. The van der Waals surface area contributed by atoms with Gasteiger partial charge < -0.3 is 4.74 Å². The molecule has 0 aliphatic rings. The molecule has 0 amide bonds. The first kappa shape index (κ1) is 9.58. The van der Waals surface area contributed by atoms with Gasteiger partial charge in [0.15, 0.2) is 0 Å². The van der Waals surface area contributed by atoms with Crippen molar-refractivity contribution in [1.82, 2.24) is 15.2 Å². The summed E-state index contributed by atoms with van der Waals surface area (Å²) in [6.07, 6.45) is 5.07. The van der Waals surface area contributed by atoms with Crippen molar-refractivity contribution in [3.63, 3.8) is 0 Å². The number of ether oxygens (including phenoxy) is 1. The number of aromatic nitrogens is 3. The van der Waals surface area contributed by atoms with Crippen molar-refractivity contribution in [3.05, 3.63) is 36.8 Å². The zero-order valence-corrected chi connectivity index (χ0v) is 8.42. The topological polar surface area (TPSA) is 47.9 Å². The SMILES string of the molecule is CCOc1cncc(-c2cccnn2)c1. The molecule has 15 heavy (non-hydrogen) atoms. The predicted molar refractivity (Wildman–Crippen MR) is 56.4 cm³/mol. The van der Waals surface area contributed by atoms with E-state index >= 15 is 0 Å². The number of hydrogen-bond acceptors (Lipinski definition) is 4. The monoisotopic (exact) mass is 201 g/mol. The molecular formula is C11H11N3O. The lowest BCUT2D eigenvalue weighted by atomic mass is 10.2. The minimum Gasteiger partial charge on any atom is -0.492 e. The molecule has 0 spiro atoms. The molecule has 0 fully saturated rings. The molecule has 4 heteroatoms. The highest BCUT2D eigenvalue weighted by Crippen LogP contribution is 2.19. The van der Waals surface area contributed by atoms with E-state index in [0.29, 0.717) is 6.61 Å². The molecular weight excluding hydrogens is 190 g/mol. The Morgan fingerprint density at radius 3 is 3.00 bits per heavy atom. The van der Waals surface area contributed by atoms with Crippen LogP contribution >= 0.6 is 0 Å². The quantitative estimate of drug-likeness (QED) is 0.761. The average Bonchev–Trinajstić information content (AvgIpc) is 2.31. The van der Waals surface area contributed by atoms with Gasteiger partial charge in [-0.2, -0.15) is 10.2 Å². The van der Waals surface area contributed by atoms with E-state index < -0.39 is 0 Å². The molecule has 0 aliphatic heterocycles. The highest BCUT2D eigenvalue weighted by molar-refractivity contribution is 5.58. The fraction of sp³-hybridized carbons (Fsp3) is 0.182. The van der Waals surface area contributed by atoms with E-state index in [2.05, 4.69) is 15.2 Å². The van der Waals surface area contributed by atoms with Gasteiger partial charge in [0.05, 0.1) is 18.5 Å². The van der Waals surface area contributed by atoms with Crippen LogP contribution < -0.4 is 4.74 Å². The summed E-state index contributed by atoms with van der Waals surface area (Å²) in [6.45, 7) is 2.57. The summed E-state index contributed by atoms with van der Waals surface area (Å²) in [6, 6.07) is 5.63. The molecule has 0 aromatic carbocycles. The highest BCUT2D eigenvalue weighted by atomic mass is 16.5. The first-order valence-electron chi connectivity index (χ1n) is 4.76. The maximum Gasteiger partial charge on any atom is 0.138 e. The molecule has 2 aromatic heterocycles. The largest absolute Gasteiger partial charge is 0.492 e. The summed E-state index contributed by atoms with van der Waals surface area (Å²) in [4.78, 5) is 4.09. The lowest BCUT2D eigenvalue weighted by Crippen LogP contribution is -1.93. The van der Waals surface area contributed by atoms with Crippen LogP contribution in [0.4, 0.5) is 0 Å². The second kappa shape index (κ2) is 4.50. The van der Waals surface area contributed by atoms with Crippen LogP contribution in [0.25, 0.3) is 11.3 Å². The van der Waals surface area contributed by atoms with Gasteiger partial charge in [-0.1, -0.05) is 0 Å². The molecule has 0 saturated heterocycles. The molecule has 0 saturated carbocycles. The van der Waals surface area contributed by atoms with Crippen LogP contribution in [0.1, 0.15) is 6.92 Å². The number of nitrogens with zero attached hydrogens (tertiary/aromatic N) is 3. The Morgan fingerprint density at radius 2 is 2.27 bits per heavy atom. The van der Waals surface area contributed by atoms with E-state index in [4.69, 9.17) is 4.74 Å². The third-order valence-corrected chi connectivity index (χ3v) is 1.89. The molecule has 0 aliphatic carbocycles. The molecule has 2 heterocycles. The van der Waals surface area contributed by atoms with Crippen LogP contribution in [-0.4, -0.2) is 21.8 Å². The molecule has 4 nitrogen and oxygen atoms in total. The molecule has 0 radical (unpaired) electrons. The smallest absolute Gasteiger partial charge is 0.138 e. The van der Waals surface area contributed by atoms with Crippen molar-refractivity contribution in [1.29, 1.82) is 0 Å². The Kier molecular flexibility index (Phi) is 2.88. The predicted octanol–water partition coefficient (Wildman–Crippen LogP) is 1.94. The van der Waals surface area contributed by atoms with Crippen molar-refractivity contribution in [2.75, 3.05) is 6.61 Å². The van der Waals surface area contributed by atoms with Gasteiger partial charge in [-0.05, 0) is 25.1 Å². The maximum absolute atomic E-state index is 5.36. The molecule has 0 atom stereocenters. The van der Waals surface area contributed by atoms with Gasteiger partial charge in [-0.15, -0.1) is 0 Å². The van der Waals surface area contributed by atoms with E-state index in [1.54, 1.807) is 18.6 Å². The van der Waals surface area contributed by atoms with Gasteiger partial charge in [0.2, 0.25) is 0 Å². The third kappa shape index (κ3) is 2.28. The lowest BCUT2D eigenvalue weighted by Gasteiger charge is -2.03. The maximum atomic E-state index is 5.36. The van der Waals surface area contributed by atoms with Crippen LogP contribution in [0.2, 0.25) is 0 Å². The Hall–Kier alpha value is -1.97. The van der Waals surface area contributed by atoms with Crippen molar-refractivity contribution >= 4 is 0 Å². The van der Waals surface area contributed by atoms with Gasteiger partial charge in [0, 0.05) is 18.0 Å².